The monoisotopic (exact) mass is 202 g/mol. The van der Waals surface area contributed by atoms with Crippen LogP contribution in [0.5, 0.6) is 0 Å². The number of nitrogens with two attached hydrogens (primary N) is 1. The van der Waals surface area contributed by atoms with Gasteiger partial charge in [-0.3, -0.25) is 4.79 Å². The molecule has 1 amide bonds. The fourth-order valence-corrected chi connectivity index (χ4v) is 0.931. The lowest BCUT2D eigenvalue weighted by atomic mass is 9.87. The molecule has 4 heteroatoms. The van der Waals surface area contributed by atoms with E-state index in [2.05, 4.69) is 5.32 Å². The number of ether oxygens (including phenoxy) is 1. The van der Waals surface area contributed by atoms with Gasteiger partial charge in [0.25, 0.3) is 0 Å². The highest BCUT2D eigenvalue weighted by Gasteiger charge is 2.26. The summed E-state index contributed by atoms with van der Waals surface area (Å²) in [5.74, 6) is -0.0893. The Morgan fingerprint density at radius 2 is 2.07 bits per heavy atom. The first-order valence-electron chi connectivity index (χ1n) is 4.92. The molecule has 4 nitrogen and oxygen atoms in total. The van der Waals surface area contributed by atoms with Crippen LogP contribution in [0, 0.1) is 5.41 Å². The van der Waals surface area contributed by atoms with Crippen LogP contribution in [0.4, 0.5) is 0 Å². The van der Waals surface area contributed by atoms with E-state index in [0.29, 0.717) is 13.2 Å². The van der Waals surface area contributed by atoms with E-state index in [1.807, 2.05) is 20.8 Å². The van der Waals surface area contributed by atoms with Crippen LogP contribution in [0.15, 0.2) is 0 Å². The highest BCUT2D eigenvalue weighted by Crippen LogP contribution is 2.16. The average Bonchev–Trinajstić information content (AvgIpc) is 2.09. The molecule has 84 valence electrons. The third-order valence-corrected chi connectivity index (χ3v) is 2.04. The Labute approximate surface area is 86.2 Å². The van der Waals surface area contributed by atoms with Crippen molar-refractivity contribution in [3.8, 4) is 0 Å². The predicted octanol–water partition coefficient (Wildman–Crippen LogP) is 0.513. The topological polar surface area (TPSA) is 64.3 Å². The Balaban J connectivity index is 3.74. The Hall–Kier alpha value is -0.610. The van der Waals surface area contributed by atoms with Crippen LogP contribution in [-0.4, -0.2) is 32.2 Å². The van der Waals surface area contributed by atoms with E-state index < -0.39 is 6.04 Å². The number of methoxy groups -OCH3 is 1. The van der Waals surface area contributed by atoms with Crippen molar-refractivity contribution in [2.75, 3.05) is 20.3 Å². The lowest BCUT2D eigenvalue weighted by molar-refractivity contribution is -0.124. The van der Waals surface area contributed by atoms with Gasteiger partial charge in [-0.05, 0) is 11.8 Å². The molecule has 0 radical (unpaired) electrons. The lowest BCUT2D eigenvalue weighted by Gasteiger charge is -2.25. The Morgan fingerprint density at radius 1 is 1.50 bits per heavy atom. The van der Waals surface area contributed by atoms with Gasteiger partial charge in [0.2, 0.25) is 5.91 Å². The SMILES string of the molecule is COCCCNC(=O)[C@@H](N)C(C)(C)C. The van der Waals surface area contributed by atoms with Crippen molar-refractivity contribution >= 4 is 5.91 Å². The van der Waals surface area contributed by atoms with E-state index in [9.17, 15) is 4.79 Å². The molecule has 0 saturated carbocycles. The van der Waals surface area contributed by atoms with Gasteiger partial charge >= 0.3 is 0 Å². The number of hydrogen-bond donors (Lipinski definition) is 2. The van der Waals surface area contributed by atoms with E-state index >= 15 is 0 Å². The molecule has 0 unspecified atom stereocenters. The van der Waals surface area contributed by atoms with Crippen LogP contribution in [0.25, 0.3) is 0 Å². The van der Waals surface area contributed by atoms with E-state index in [1.165, 1.54) is 0 Å². The minimum absolute atomic E-state index is 0.0893. The van der Waals surface area contributed by atoms with Crippen LogP contribution in [0.1, 0.15) is 27.2 Å². The summed E-state index contributed by atoms with van der Waals surface area (Å²) in [7, 11) is 1.64. The summed E-state index contributed by atoms with van der Waals surface area (Å²) in [6.45, 7) is 7.13. The molecule has 3 N–H and O–H groups in total. The Bertz CT molecular complexity index is 175. The van der Waals surface area contributed by atoms with Gasteiger partial charge in [0.1, 0.15) is 0 Å². The van der Waals surface area contributed by atoms with Gasteiger partial charge in [-0.25, -0.2) is 0 Å². The second-order valence-electron chi connectivity index (χ2n) is 4.48. The fraction of sp³-hybridized carbons (Fsp3) is 0.900. The Morgan fingerprint density at radius 3 is 2.50 bits per heavy atom. The van der Waals surface area contributed by atoms with Crippen molar-refractivity contribution < 1.29 is 9.53 Å². The number of hydrogen-bond acceptors (Lipinski definition) is 3. The van der Waals surface area contributed by atoms with Crippen LogP contribution in [-0.2, 0) is 9.53 Å². The molecule has 14 heavy (non-hydrogen) atoms. The molecule has 0 aromatic heterocycles. The fourth-order valence-electron chi connectivity index (χ4n) is 0.931. The molecule has 0 aliphatic heterocycles. The zero-order valence-corrected chi connectivity index (χ0v) is 9.59. The third-order valence-electron chi connectivity index (χ3n) is 2.04. The first-order chi connectivity index (χ1) is 6.39. The number of nitrogens with one attached hydrogen (secondary N) is 1. The van der Waals surface area contributed by atoms with Gasteiger partial charge in [0.05, 0.1) is 6.04 Å². The molecule has 0 spiro atoms. The zero-order chi connectivity index (χ0) is 11.2. The van der Waals surface area contributed by atoms with Crippen LogP contribution in [0.3, 0.4) is 0 Å². The molecular formula is C10H22N2O2. The number of carbonyl (C=O) groups is 1. The van der Waals surface area contributed by atoms with Crippen molar-refractivity contribution in [2.24, 2.45) is 11.1 Å². The van der Waals surface area contributed by atoms with Gasteiger partial charge in [0.15, 0.2) is 0 Å². The molecule has 0 heterocycles. The van der Waals surface area contributed by atoms with E-state index in [4.69, 9.17) is 10.5 Å². The molecule has 0 fully saturated rings. The van der Waals surface area contributed by atoms with E-state index in [-0.39, 0.29) is 11.3 Å². The van der Waals surface area contributed by atoms with Crippen molar-refractivity contribution in [3.05, 3.63) is 0 Å². The third kappa shape index (κ3) is 5.19. The van der Waals surface area contributed by atoms with E-state index in [1.54, 1.807) is 7.11 Å². The summed E-state index contributed by atoms with van der Waals surface area (Å²) < 4.78 is 4.87. The van der Waals surface area contributed by atoms with Gasteiger partial charge in [-0.15, -0.1) is 0 Å². The van der Waals surface area contributed by atoms with E-state index in [0.717, 1.165) is 6.42 Å². The largest absolute Gasteiger partial charge is 0.385 e. The standard InChI is InChI=1S/C10H22N2O2/c1-10(2,3)8(11)9(13)12-6-5-7-14-4/h8H,5-7,11H2,1-4H3,(H,12,13)/t8-/m1/s1. The molecule has 0 bridgehead atoms. The first kappa shape index (κ1) is 13.4. The summed E-state index contributed by atoms with van der Waals surface area (Å²) in [5, 5.41) is 2.78. The van der Waals surface area contributed by atoms with Gasteiger partial charge in [-0.2, -0.15) is 0 Å². The molecule has 0 aromatic carbocycles. The van der Waals surface area contributed by atoms with Crippen molar-refractivity contribution in [1.29, 1.82) is 0 Å². The highest BCUT2D eigenvalue weighted by molar-refractivity contribution is 5.82. The van der Waals surface area contributed by atoms with Crippen molar-refractivity contribution in [3.63, 3.8) is 0 Å². The second kappa shape index (κ2) is 5.98. The molecule has 0 saturated heterocycles. The highest BCUT2D eigenvalue weighted by atomic mass is 16.5. The van der Waals surface area contributed by atoms with Gasteiger partial charge in [-0.1, -0.05) is 20.8 Å². The van der Waals surface area contributed by atoms with Crippen LogP contribution in [0.2, 0.25) is 0 Å². The number of rotatable bonds is 5. The lowest BCUT2D eigenvalue weighted by Crippen LogP contribution is -2.48. The maximum absolute atomic E-state index is 11.5. The summed E-state index contributed by atoms with van der Waals surface area (Å²) in [5.41, 5.74) is 5.58. The number of carbonyl (C=O) groups excluding carboxylic acids is 1. The maximum atomic E-state index is 11.5. The quantitative estimate of drug-likeness (QED) is 0.639. The predicted molar refractivity (Wildman–Crippen MR) is 56.9 cm³/mol. The normalized spacial score (nSPS) is 13.8. The number of amides is 1. The maximum Gasteiger partial charge on any atom is 0.237 e. The molecule has 0 aromatic rings. The molecule has 0 aliphatic carbocycles. The van der Waals surface area contributed by atoms with Crippen molar-refractivity contribution in [1.82, 2.24) is 5.32 Å². The summed E-state index contributed by atoms with van der Waals surface area (Å²) in [4.78, 5) is 11.5. The minimum atomic E-state index is -0.454. The summed E-state index contributed by atoms with van der Waals surface area (Å²) in [6.07, 6.45) is 0.819. The minimum Gasteiger partial charge on any atom is -0.385 e. The van der Waals surface area contributed by atoms with Crippen LogP contribution < -0.4 is 11.1 Å². The molecular weight excluding hydrogens is 180 g/mol. The second-order valence-corrected chi connectivity index (χ2v) is 4.48. The summed E-state index contributed by atoms with van der Waals surface area (Å²) >= 11 is 0. The molecule has 0 aliphatic rings. The molecule has 1 atom stereocenters. The van der Waals surface area contributed by atoms with Crippen LogP contribution >= 0.6 is 0 Å². The molecule has 0 rings (SSSR count). The van der Waals surface area contributed by atoms with Gasteiger partial charge < -0.3 is 15.8 Å². The van der Waals surface area contributed by atoms with Crippen molar-refractivity contribution in [2.45, 2.75) is 33.2 Å². The Kier molecular flexibility index (Phi) is 5.72. The van der Waals surface area contributed by atoms with Gasteiger partial charge in [0, 0.05) is 20.3 Å². The zero-order valence-electron chi connectivity index (χ0n) is 9.59. The summed E-state index contributed by atoms with van der Waals surface area (Å²) in [6, 6.07) is -0.454. The smallest absolute Gasteiger partial charge is 0.237 e. The first-order valence-corrected chi connectivity index (χ1v) is 4.92. The average molecular weight is 202 g/mol.